The van der Waals surface area contributed by atoms with E-state index in [-0.39, 0.29) is 104 Å². The molecule has 0 bridgehead atoms. The van der Waals surface area contributed by atoms with E-state index >= 15 is 0 Å². The van der Waals surface area contributed by atoms with Crippen molar-refractivity contribution in [3.63, 3.8) is 0 Å². The highest BCUT2D eigenvalue weighted by Crippen LogP contribution is 2.25. The lowest BCUT2D eigenvalue weighted by Gasteiger charge is -2.30. The van der Waals surface area contributed by atoms with Gasteiger partial charge in [0.05, 0.1) is 0 Å². The van der Waals surface area contributed by atoms with Crippen LogP contribution in [-0.4, -0.2) is 107 Å². The molecule has 0 atom stereocenters. The summed E-state index contributed by atoms with van der Waals surface area (Å²) in [6.07, 6.45) is 0. The predicted molar refractivity (Wildman–Crippen MR) is 344 cm³/mol. The zero-order chi connectivity index (χ0) is 63.2. The number of carbonyl (C=O) groups excluding carboxylic acids is 7. The molecule has 7 amide bonds. The standard InChI is InChI=1S/C73H85N7O7/c1-48(2)75(68(82)60-28-14-13-15-29-60)43-55-23-17-31-62(37-55)70(84)77(50(5)6)45-57-25-19-33-64(39-57)72(86)79(52(9)10)47-59-27-21-35-66(41-59)73(87)80(53(11)12)46-58-26-20-34-65(40-58)71(85)78(51(7)8)44-56-24-18-32-63(38-56)69(83)76(49(3)4)42-54-22-16-30-61(36-54)67(74)81/h13-41,48-53H,42-47H2,1-12H3,(H2,74,81). The van der Waals surface area contributed by atoms with E-state index in [4.69, 9.17) is 5.73 Å². The van der Waals surface area contributed by atoms with E-state index in [9.17, 15) is 33.6 Å². The minimum absolute atomic E-state index is 0.0723. The Balaban J connectivity index is 1.01. The lowest BCUT2D eigenvalue weighted by Crippen LogP contribution is -2.38. The van der Waals surface area contributed by atoms with Gasteiger partial charge in [-0.15, -0.1) is 0 Å². The number of amides is 7. The average molecular weight is 1170 g/mol. The number of hydrogen-bond donors (Lipinski definition) is 1. The summed E-state index contributed by atoms with van der Waals surface area (Å²) in [5.41, 5.74) is 13.7. The van der Waals surface area contributed by atoms with Gasteiger partial charge in [-0.1, -0.05) is 91.0 Å². The number of primary amides is 1. The number of carbonyl (C=O) groups is 7. The Morgan fingerprint density at radius 3 is 0.621 bits per heavy atom. The van der Waals surface area contributed by atoms with Crippen LogP contribution in [0.4, 0.5) is 0 Å². The highest BCUT2D eigenvalue weighted by atomic mass is 16.2. The zero-order valence-electron chi connectivity index (χ0n) is 52.6. The molecule has 7 aromatic rings. The van der Waals surface area contributed by atoms with Crippen LogP contribution in [0.25, 0.3) is 0 Å². The first-order valence-electron chi connectivity index (χ1n) is 30.1. The van der Waals surface area contributed by atoms with Crippen molar-refractivity contribution in [2.45, 2.75) is 159 Å². The van der Waals surface area contributed by atoms with Crippen LogP contribution in [0, 0.1) is 0 Å². The molecule has 454 valence electrons. The van der Waals surface area contributed by atoms with Crippen LogP contribution in [0.2, 0.25) is 0 Å². The summed E-state index contributed by atoms with van der Waals surface area (Å²) in [7, 11) is 0. The quantitative estimate of drug-likeness (QED) is 0.0595. The number of rotatable bonds is 25. The first-order chi connectivity index (χ1) is 41.4. The Bertz CT molecular complexity index is 3570. The number of nitrogens with two attached hydrogens (primary N) is 1. The molecule has 0 spiro atoms. The predicted octanol–water partition coefficient (Wildman–Crippen LogP) is 13.1. The van der Waals surface area contributed by atoms with Crippen molar-refractivity contribution in [1.82, 2.24) is 29.4 Å². The second kappa shape index (κ2) is 29.8. The first kappa shape index (κ1) is 65.4. The molecule has 0 aliphatic heterocycles. The number of benzene rings is 7. The van der Waals surface area contributed by atoms with Crippen molar-refractivity contribution in [1.29, 1.82) is 0 Å². The second-order valence-electron chi connectivity index (χ2n) is 24.1. The van der Waals surface area contributed by atoms with Gasteiger partial charge in [-0.05, 0) is 201 Å². The van der Waals surface area contributed by atoms with Crippen molar-refractivity contribution in [2.75, 3.05) is 0 Å². The molecule has 0 aliphatic carbocycles. The first-order valence-corrected chi connectivity index (χ1v) is 30.1. The molecule has 0 fully saturated rings. The molecule has 0 saturated carbocycles. The largest absolute Gasteiger partial charge is 0.366 e. The van der Waals surface area contributed by atoms with E-state index in [2.05, 4.69) is 0 Å². The minimum atomic E-state index is -0.537. The molecule has 7 aromatic carbocycles. The van der Waals surface area contributed by atoms with Gasteiger partial charge in [-0.2, -0.15) is 0 Å². The van der Waals surface area contributed by atoms with E-state index in [1.165, 1.54) is 0 Å². The summed E-state index contributed by atoms with van der Waals surface area (Å²) in [5.74, 6) is -1.53. The molecule has 0 heterocycles. The van der Waals surface area contributed by atoms with Crippen LogP contribution in [-0.2, 0) is 39.3 Å². The van der Waals surface area contributed by atoms with Gasteiger partial charge in [0.15, 0.2) is 0 Å². The molecule has 87 heavy (non-hydrogen) atoms. The summed E-state index contributed by atoms with van der Waals surface area (Å²) >= 11 is 0. The highest BCUT2D eigenvalue weighted by Gasteiger charge is 2.28. The third-order valence-corrected chi connectivity index (χ3v) is 15.5. The monoisotopic (exact) mass is 1170 g/mol. The van der Waals surface area contributed by atoms with Crippen molar-refractivity contribution in [3.05, 3.63) is 248 Å². The lowest BCUT2D eigenvalue weighted by molar-refractivity contribution is 0.0675. The molecule has 0 unspecified atom stereocenters. The molecule has 14 nitrogen and oxygen atoms in total. The van der Waals surface area contributed by atoms with Crippen molar-refractivity contribution >= 4 is 41.4 Å². The maximum atomic E-state index is 14.6. The fourth-order valence-electron chi connectivity index (χ4n) is 10.5. The van der Waals surface area contributed by atoms with Crippen LogP contribution in [0.15, 0.2) is 176 Å². The Hall–Kier alpha value is -9.17. The third-order valence-electron chi connectivity index (χ3n) is 15.5. The van der Waals surface area contributed by atoms with Gasteiger partial charge in [0.2, 0.25) is 5.91 Å². The van der Waals surface area contributed by atoms with E-state index in [1.807, 2.05) is 210 Å². The van der Waals surface area contributed by atoms with Crippen LogP contribution in [0.1, 0.15) is 189 Å². The summed E-state index contributed by atoms with van der Waals surface area (Å²) in [4.78, 5) is 108. The van der Waals surface area contributed by atoms with Crippen LogP contribution in [0.3, 0.4) is 0 Å². The molecule has 14 heteroatoms. The minimum Gasteiger partial charge on any atom is -0.366 e. The van der Waals surface area contributed by atoms with Crippen molar-refractivity contribution in [3.8, 4) is 0 Å². The van der Waals surface area contributed by atoms with Crippen LogP contribution >= 0.6 is 0 Å². The summed E-state index contributed by atoms with van der Waals surface area (Å²) < 4.78 is 0. The van der Waals surface area contributed by atoms with E-state index in [0.29, 0.717) is 45.5 Å². The van der Waals surface area contributed by atoms with E-state index in [0.717, 1.165) is 33.4 Å². The summed E-state index contributed by atoms with van der Waals surface area (Å²) in [5, 5.41) is 0. The fourth-order valence-corrected chi connectivity index (χ4v) is 10.5. The lowest BCUT2D eigenvalue weighted by atomic mass is 10.0. The average Bonchev–Trinajstić information content (AvgIpc) is 3.53. The summed E-state index contributed by atoms with van der Waals surface area (Å²) in [6, 6.07) is 52.0. The van der Waals surface area contributed by atoms with Crippen molar-refractivity contribution in [2.24, 2.45) is 5.73 Å². The molecule has 0 aromatic heterocycles. The molecule has 0 aliphatic rings. The maximum Gasteiger partial charge on any atom is 0.254 e. The topological polar surface area (TPSA) is 165 Å². The van der Waals surface area contributed by atoms with Gasteiger partial charge in [-0.3, -0.25) is 33.6 Å². The molecule has 2 N–H and O–H groups in total. The van der Waals surface area contributed by atoms with Gasteiger partial charge >= 0.3 is 0 Å². The van der Waals surface area contributed by atoms with Gasteiger partial charge < -0.3 is 35.1 Å². The van der Waals surface area contributed by atoms with Gasteiger partial charge in [0.25, 0.3) is 35.4 Å². The van der Waals surface area contributed by atoms with E-state index in [1.54, 1.807) is 77.9 Å². The van der Waals surface area contributed by atoms with Gasteiger partial charge in [0.1, 0.15) is 0 Å². The number of nitrogens with zero attached hydrogens (tertiary/aromatic N) is 6. The van der Waals surface area contributed by atoms with Crippen molar-refractivity contribution < 1.29 is 33.6 Å². The Morgan fingerprint density at radius 2 is 0.425 bits per heavy atom. The molecular weight excluding hydrogens is 1090 g/mol. The highest BCUT2D eigenvalue weighted by molar-refractivity contribution is 5.98. The second-order valence-corrected chi connectivity index (χ2v) is 24.1. The van der Waals surface area contributed by atoms with E-state index < -0.39 is 5.91 Å². The molecular formula is C73H85N7O7. The molecule has 7 rings (SSSR count). The SMILES string of the molecule is CC(C)N(Cc1cccc(C(=O)N(Cc2cccc(C(=O)N(Cc3cccc(C(=O)N(Cc4cccc(C(=O)N(Cc5cccc(C(=O)N(Cc6cccc(C(N)=O)c6)C(C)C)c5)C(C)C)c4)C(C)C)c3)C(C)C)c2)C(C)C)c1)C(=O)c1ccccc1. The Morgan fingerprint density at radius 1 is 0.253 bits per heavy atom. The Labute approximate surface area is 514 Å². The Kier molecular flexibility index (Phi) is 22.4. The maximum absolute atomic E-state index is 14.6. The smallest absolute Gasteiger partial charge is 0.254 e. The normalized spacial score (nSPS) is 11.3. The molecule has 0 radical (unpaired) electrons. The van der Waals surface area contributed by atoms with Gasteiger partial charge in [-0.25, -0.2) is 0 Å². The number of hydrogen-bond acceptors (Lipinski definition) is 7. The fraction of sp³-hybridized carbons (Fsp3) is 0.329. The molecule has 0 saturated heterocycles. The van der Waals surface area contributed by atoms with Gasteiger partial charge in [0, 0.05) is 114 Å². The van der Waals surface area contributed by atoms with Crippen LogP contribution in [0.5, 0.6) is 0 Å². The third kappa shape index (κ3) is 17.1. The van der Waals surface area contributed by atoms with Crippen LogP contribution < -0.4 is 5.73 Å². The zero-order valence-corrected chi connectivity index (χ0v) is 52.6. The summed E-state index contributed by atoms with van der Waals surface area (Å²) in [6.45, 7) is 25.1.